The molecule has 96 valence electrons. The van der Waals surface area contributed by atoms with E-state index >= 15 is 0 Å². The molecule has 2 nitrogen and oxygen atoms in total. The van der Waals surface area contributed by atoms with Crippen LogP contribution in [0.5, 0.6) is 0 Å². The zero-order valence-electron chi connectivity index (χ0n) is 11.0. The summed E-state index contributed by atoms with van der Waals surface area (Å²) in [4.78, 5) is 4.76. The molecule has 0 unspecified atom stereocenters. The van der Waals surface area contributed by atoms with Crippen LogP contribution >= 0.6 is 15.9 Å². The molecule has 0 fully saturated rings. The van der Waals surface area contributed by atoms with E-state index in [0.29, 0.717) is 5.92 Å². The Hall–Kier alpha value is -1.61. The molecule has 19 heavy (non-hydrogen) atoms. The van der Waals surface area contributed by atoms with E-state index in [1.54, 1.807) is 0 Å². The van der Waals surface area contributed by atoms with Crippen LogP contribution in [0.4, 0.5) is 0 Å². The first-order valence-corrected chi connectivity index (χ1v) is 7.19. The van der Waals surface area contributed by atoms with Gasteiger partial charge in [0.1, 0.15) is 5.82 Å². The van der Waals surface area contributed by atoms with E-state index in [1.165, 1.54) is 0 Å². The summed E-state index contributed by atoms with van der Waals surface area (Å²) < 4.78 is 3.33. The third-order valence-corrected chi connectivity index (χ3v) is 3.72. The number of benzene rings is 2. The fourth-order valence-electron chi connectivity index (χ4n) is 2.29. The number of hydrogen-bond donors (Lipinski definition) is 0. The van der Waals surface area contributed by atoms with Crippen molar-refractivity contribution in [2.24, 2.45) is 0 Å². The molecule has 0 saturated carbocycles. The first-order chi connectivity index (χ1) is 9.16. The molecule has 0 aliphatic carbocycles. The van der Waals surface area contributed by atoms with Crippen molar-refractivity contribution in [3.05, 3.63) is 58.8 Å². The Morgan fingerprint density at radius 1 is 1.00 bits per heavy atom. The van der Waals surface area contributed by atoms with E-state index in [0.717, 1.165) is 27.0 Å². The van der Waals surface area contributed by atoms with Gasteiger partial charge in [-0.2, -0.15) is 0 Å². The van der Waals surface area contributed by atoms with Gasteiger partial charge in [0.05, 0.1) is 11.0 Å². The second kappa shape index (κ2) is 4.82. The van der Waals surface area contributed by atoms with Crippen molar-refractivity contribution in [3.8, 4) is 5.69 Å². The molecule has 0 N–H and O–H groups in total. The molecule has 0 aliphatic rings. The highest BCUT2D eigenvalue weighted by molar-refractivity contribution is 9.10. The highest BCUT2D eigenvalue weighted by atomic mass is 79.9. The average molecular weight is 315 g/mol. The summed E-state index contributed by atoms with van der Waals surface area (Å²) in [6, 6.07) is 16.6. The Labute approximate surface area is 121 Å². The zero-order chi connectivity index (χ0) is 13.4. The monoisotopic (exact) mass is 314 g/mol. The van der Waals surface area contributed by atoms with E-state index in [9.17, 15) is 0 Å². The second-order valence-electron chi connectivity index (χ2n) is 4.93. The third-order valence-electron chi connectivity index (χ3n) is 3.19. The van der Waals surface area contributed by atoms with E-state index < -0.39 is 0 Å². The largest absolute Gasteiger partial charge is 0.296 e. The number of halogens is 1. The molecule has 3 heteroatoms. The molecule has 3 aromatic rings. The minimum Gasteiger partial charge on any atom is -0.296 e. The third kappa shape index (κ3) is 2.19. The van der Waals surface area contributed by atoms with E-state index in [4.69, 9.17) is 4.98 Å². The van der Waals surface area contributed by atoms with Crippen molar-refractivity contribution >= 4 is 27.0 Å². The number of hydrogen-bond acceptors (Lipinski definition) is 1. The van der Waals surface area contributed by atoms with Gasteiger partial charge < -0.3 is 0 Å². The second-order valence-corrected chi connectivity index (χ2v) is 5.84. The van der Waals surface area contributed by atoms with Crippen LogP contribution in [-0.4, -0.2) is 9.55 Å². The standard InChI is InChI=1S/C16H15BrN2/c1-11(2)16-18-14-5-3-4-6-15(14)19(16)13-9-7-12(17)8-10-13/h3-11H,1-2H3. The average Bonchev–Trinajstić information content (AvgIpc) is 2.79. The normalized spacial score (nSPS) is 11.4. The maximum atomic E-state index is 4.76. The van der Waals surface area contributed by atoms with Crippen LogP contribution in [0.15, 0.2) is 53.0 Å². The first kappa shape index (κ1) is 12.4. The van der Waals surface area contributed by atoms with Crippen LogP contribution in [0.3, 0.4) is 0 Å². The van der Waals surface area contributed by atoms with Gasteiger partial charge in [-0.1, -0.05) is 41.9 Å². The van der Waals surface area contributed by atoms with Gasteiger partial charge in [0, 0.05) is 16.1 Å². The Morgan fingerprint density at radius 2 is 1.68 bits per heavy atom. The van der Waals surface area contributed by atoms with Gasteiger partial charge in [-0.15, -0.1) is 0 Å². The molecule has 1 aromatic heterocycles. The Morgan fingerprint density at radius 3 is 2.37 bits per heavy atom. The number of rotatable bonds is 2. The van der Waals surface area contributed by atoms with Gasteiger partial charge in [0.15, 0.2) is 0 Å². The van der Waals surface area contributed by atoms with Gasteiger partial charge in [0.25, 0.3) is 0 Å². The van der Waals surface area contributed by atoms with Crippen molar-refractivity contribution < 1.29 is 0 Å². The van der Waals surface area contributed by atoms with Crippen LogP contribution in [-0.2, 0) is 0 Å². The topological polar surface area (TPSA) is 17.8 Å². The molecule has 0 saturated heterocycles. The SMILES string of the molecule is CC(C)c1nc2ccccc2n1-c1ccc(Br)cc1. The number of imidazole rings is 1. The highest BCUT2D eigenvalue weighted by Gasteiger charge is 2.14. The Kier molecular flexibility index (Phi) is 3.15. The summed E-state index contributed by atoms with van der Waals surface area (Å²) in [6.45, 7) is 4.35. The maximum Gasteiger partial charge on any atom is 0.117 e. The molecular weight excluding hydrogens is 300 g/mol. The summed E-state index contributed by atoms with van der Waals surface area (Å²) >= 11 is 3.48. The minimum absolute atomic E-state index is 0.385. The highest BCUT2D eigenvalue weighted by Crippen LogP contribution is 2.26. The van der Waals surface area contributed by atoms with Crippen molar-refractivity contribution in [1.82, 2.24) is 9.55 Å². The lowest BCUT2D eigenvalue weighted by atomic mass is 10.2. The van der Waals surface area contributed by atoms with Crippen LogP contribution in [0.25, 0.3) is 16.7 Å². The number of nitrogens with zero attached hydrogens (tertiary/aromatic N) is 2. The van der Waals surface area contributed by atoms with Gasteiger partial charge in [0.2, 0.25) is 0 Å². The zero-order valence-corrected chi connectivity index (χ0v) is 12.6. The minimum atomic E-state index is 0.385. The lowest BCUT2D eigenvalue weighted by Gasteiger charge is -2.11. The van der Waals surface area contributed by atoms with Crippen LogP contribution in [0, 0.1) is 0 Å². The predicted octanol–water partition coefficient (Wildman–Crippen LogP) is 4.91. The molecule has 0 spiro atoms. The Bertz CT molecular complexity index is 711. The molecule has 3 rings (SSSR count). The summed E-state index contributed by atoms with van der Waals surface area (Å²) in [5, 5.41) is 0. The molecule has 0 atom stereocenters. The van der Waals surface area contributed by atoms with Gasteiger partial charge in [-0.05, 0) is 36.4 Å². The molecule has 0 radical (unpaired) electrons. The van der Waals surface area contributed by atoms with Crippen molar-refractivity contribution in [1.29, 1.82) is 0 Å². The molecule has 0 bridgehead atoms. The van der Waals surface area contributed by atoms with E-state index in [2.05, 4.69) is 76.8 Å². The molecule has 0 aliphatic heterocycles. The first-order valence-electron chi connectivity index (χ1n) is 6.40. The smallest absolute Gasteiger partial charge is 0.117 e. The molecule has 1 heterocycles. The van der Waals surface area contributed by atoms with Crippen LogP contribution in [0.1, 0.15) is 25.6 Å². The fourth-order valence-corrected chi connectivity index (χ4v) is 2.56. The maximum absolute atomic E-state index is 4.76. The predicted molar refractivity (Wildman–Crippen MR) is 82.9 cm³/mol. The summed E-state index contributed by atoms with van der Waals surface area (Å²) in [5.74, 6) is 1.49. The number of aromatic nitrogens is 2. The van der Waals surface area contributed by atoms with Gasteiger partial charge in [-0.3, -0.25) is 4.57 Å². The summed E-state index contributed by atoms with van der Waals surface area (Å²) in [6.07, 6.45) is 0. The quantitative estimate of drug-likeness (QED) is 0.657. The Balaban J connectivity index is 2.31. The van der Waals surface area contributed by atoms with Crippen molar-refractivity contribution in [2.45, 2.75) is 19.8 Å². The molecular formula is C16H15BrN2. The fraction of sp³-hybridized carbons (Fsp3) is 0.188. The van der Waals surface area contributed by atoms with Crippen LogP contribution in [0.2, 0.25) is 0 Å². The van der Waals surface area contributed by atoms with Crippen LogP contribution < -0.4 is 0 Å². The summed E-state index contributed by atoms with van der Waals surface area (Å²) in [7, 11) is 0. The molecule has 2 aromatic carbocycles. The van der Waals surface area contributed by atoms with Gasteiger partial charge >= 0.3 is 0 Å². The van der Waals surface area contributed by atoms with E-state index in [1.807, 2.05) is 6.07 Å². The lowest BCUT2D eigenvalue weighted by Crippen LogP contribution is -2.02. The number of para-hydroxylation sites is 2. The number of fused-ring (bicyclic) bond motifs is 1. The lowest BCUT2D eigenvalue weighted by molar-refractivity contribution is 0.760. The van der Waals surface area contributed by atoms with Gasteiger partial charge in [-0.25, -0.2) is 4.98 Å². The van der Waals surface area contributed by atoms with Crippen molar-refractivity contribution in [3.63, 3.8) is 0 Å². The molecule has 0 amide bonds. The van der Waals surface area contributed by atoms with E-state index in [-0.39, 0.29) is 0 Å². The van der Waals surface area contributed by atoms with Crippen molar-refractivity contribution in [2.75, 3.05) is 0 Å². The summed E-state index contributed by atoms with van der Waals surface area (Å²) in [5.41, 5.74) is 3.36.